The maximum atomic E-state index is 10.8. The molecule has 3 atom stereocenters. The van der Waals surface area contributed by atoms with Crippen LogP contribution in [0.4, 0.5) is 5.69 Å². The van der Waals surface area contributed by atoms with Gasteiger partial charge in [0.2, 0.25) is 0 Å². The van der Waals surface area contributed by atoms with E-state index in [2.05, 4.69) is 0 Å². The van der Waals surface area contributed by atoms with Gasteiger partial charge < -0.3 is 15.6 Å². The van der Waals surface area contributed by atoms with Crippen LogP contribution in [0.2, 0.25) is 0 Å². The van der Waals surface area contributed by atoms with Crippen LogP contribution in [0.15, 0.2) is 24.3 Å². The van der Waals surface area contributed by atoms with Crippen molar-refractivity contribution in [3.05, 3.63) is 34.4 Å². The highest BCUT2D eigenvalue weighted by atomic mass is 16.6. The fourth-order valence-electron chi connectivity index (χ4n) is 1.72. The summed E-state index contributed by atoms with van der Waals surface area (Å²) in [6, 6.07) is 5.29. The Hall–Kier alpha value is -2.15. The van der Waals surface area contributed by atoms with E-state index in [-0.39, 0.29) is 11.8 Å². The second-order valence-corrected chi connectivity index (χ2v) is 4.71. The molecule has 0 fully saturated rings. The molecule has 1 rings (SSSR count). The number of nitrogens with two attached hydrogens (primary N) is 1. The lowest BCUT2D eigenvalue weighted by atomic mass is 9.98. The second kappa shape index (κ2) is 6.85. The van der Waals surface area contributed by atoms with Crippen molar-refractivity contribution < 1.29 is 19.6 Å². The van der Waals surface area contributed by atoms with Gasteiger partial charge in [-0.15, -0.1) is 0 Å². The summed E-state index contributed by atoms with van der Waals surface area (Å²) in [5.74, 6) is -1.27. The van der Waals surface area contributed by atoms with Crippen molar-refractivity contribution in [3.8, 4) is 5.75 Å². The first-order valence-electron chi connectivity index (χ1n) is 6.20. The van der Waals surface area contributed by atoms with E-state index in [0.29, 0.717) is 12.2 Å². The minimum atomic E-state index is -0.958. The molecule has 0 saturated carbocycles. The molecule has 1 aromatic rings. The van der Waals surface area contributed by atoms with Gasteiger partial charge >= 0.3 is 5.97 Å². The molecule has 7 heteroatoms. The normalized spacial score (nSPS) is 15.2. The molecule has 20 heavy (non-hydrogen) atoms. The van der Waals surface area contributed by atoms with E-state index in [1.807, 2.05) is 0 Å². The van der Waals surface area contributed by atoms with E-state index < -0.39 is 22.9 Å². The number of non-ortho nitro benzene ring substituents is 1. The number of hydrogen-bond donors (Lipinski definition) is 2. The minimum Gasteiger partial charge on any atom is -0.490 e. The highest BCUT2D eigenvalue weighted by Crippen LogP contribution is 2.21. The van der Waals surface area contributed by atoms with Gasteiger partial charge in [0, 0.05) is 12.1 Å². The van der Waals surface area contributed by atoms with Crippen molar-refractivity contribution in [2.45, 2.75) is 32.4 Å². The lowest BCUT2D eigenvalue weighted by Crippen LogP contribution is -2.37. The molecule has 0 aliphatic heterocycles. The van der Waals surface area contributed by atoms with E-state index in [0.717, 1.165) is 0 Å². The number of benzene rings is 1. The summed E-state index contributed by atoms with van der Waals surface area (Å²) < 4.78 is 5.53. The Morgan fingerprint density at radius 1 is 1.50 bits per heavy atom. The van der Waals surface area contributed by atoms with E-state index in [1.165, 1.54) is 25.1 Å². The molecule has 0 aliphatic rings. The van der Waals surface area contributed by atoms with Crippen LogP contribution in [-0.2, 0) is 4.79 Å². The van der Waals surface area contributed by atoms with Crippen LogP contribution in [0, 0.1) is 16.0 Å². The summed E-state index contributed by atoms with van der Waals surface area (Å²) in [6.07, 6.45) is 0.00434. The van der Waals surface area contributed by atoms with E-state index in [9.17, 15) is 14.9 Å². The molecule has 0 bridgehead atoms. The second-order valence-electron chi connectivity index (χ2n) is 4.71. The molecule has 0 heterocycles. The Bertz CT molecular complexity index is 491. The average Bonchev–Trinajstić information content (AvgIpc) is 2.37. The van der Waals surface area contributed by atoms with Gasteiger partial charge in [-0.2, -0.15) is 0 Å². The standard InChI is InChI=1S/C13H18N2O5/c1-8(6-12(14)9(2)13(16)17)20-11-5-3-4-10(7-11)15(18)19/h3-5,7-9,12H,6,14H2,1-2H3,(H,16,17)/t8-,9?,12-/m0/s1. The monoisotopic (exact) mass is 282 g/mol. The molecule has 0 amide bonds. The molecule has 0 radical (unpaired) electrons. The zero-order valence-electron chi connectivity index (χ0n) is 11.4. The predicted octanol–water partition coefficient (Wildman–Crippen LogP) is 1.80. The largest absolute Gasteiger partial charge is 0.490 e. The highest BCUT2D eigenvalue weighted by molar-refractivity contribution is 5.70. The Morgan fingerprint density at radius 3 is 2.70 bits per heavy atom. The Kier molecular flexibility index (Phi) is 5.45. The Balaban J connectivity index is 2.62. The van der Waals surface area contributed by atoms with Crippen molar-refractivity contribution >= 4 is 11.7 Å². The number of carboxylic acid groups (broad SMARTS) is 1. The first-order chi connectivity index (χ1) is 9.31. The van der Waals surface area contributed by atoms with Gasteiger partial charge in [0.1, 0.15) is 5.75 Å². The number of ether oxygens (including phenoxy) is 1. The third kappa shape index (κ3) is 4.51. The van der Waals surface area contributed by atoms with Crippen LogP contribution in [0.25, 0.3) is 0 Å². The summed E-state index contributed by atoms with van der Waals surface area (Å²) in [7, 11) is 0. The summed E-state index contributed by atoms with van der Waals surface area (Å²) in [6.45, 7) is 3.28. The zero-order chi connectivity index (χ0) is 15.3. The Morgan fingerprint density at radius 2 is 2.15 bits per heavy atom. The fraction of sp³-hybridized carbons (Fsp3) is 0.462. The van der Waals surface area contributed by atoms with Crippen molar-refractivity contribution in [1.82, 2.24) is 0 Å². The molecule has 7 nitrogen and oxygen atoms in total. The van der Waals surface area contributed by atoms with Crippen molar-refractivity contribution in [1.29, 1.82) is 0 Å². The number of rotatable bonds is 7. The summed E-state index contributed by atoms with van der Waals surface area (Å²) in [5.41, 5.74) is 5.72. The van der Waals surface area contributed by atoms with Crippen molar-refractivity contribution in [2.75, 3.05) is 0 Å². The van der Waals surface area contributed by atoms with Crippen LogP contribution in [0.3, 0.4) is 0 Å². The number of nitro benzene ring substituents is 1. The lowest BCUT2D eigenvalue weighted by Gasteiger charge is -2.21. The third-order valence-corrected chi connectivity index (χ3v) is 3.00. The van der Waals surface area contributed by atoms with Gasteiger partial charge in [0.25, 0.3) is 5.69 Å². The first kappa shape index (κ1) is 15.9. The van der Waals surface area contributed by atoms with Gasteiger partial charge in [0.15, 0.2) is 0 Å². The van der Waals surface area contributed by atoms with Gasteiger partial charge in [-0.1, -0.05) is 13.0 Å². The molecular formula is C13H18N2O5. The number of carboxylic acids is 1. The lowest BCUT2D eigenvalue weighted by molar-refractivity contribution is -0.384. The van der Waals surface area contributed by atoms with Gasteiger partial charge in [-0.25, -0.2) is 0 Å². The highest BCUT2D eigenvalue weighted by Gasteiger charge is 2.22. The molecular weight excluding hydrogens is 264 g/mol. The number of nitrogens with zero attached hydrogens (tertiary/aromatic N) is 1. The summed E-state index contributed by atoms with van der Waals surface area (Å²) in [4.78, 5) is 20.9. The van der Waals surface area contributed by atoms with Crippen LogP contribution >= 0.6 is 0 Å². The molecule has 1 unspecified atom stereocenters. The Labute approximate surface area is 116 Å². The molecule has 110 valence electrons. The summed E-state index contributed by atoms with van der Waals surface area (Å²) in [5, 5.41) is 19.5. The van der Waals surface area contributed by atoms with Crippen LogP contribution < -0.4 is 10.5 Å². The third-order valence-electron chi connectivity index (χ3n) is 3.00. The van der Waals surface area contributed by atoms with Crippen LogP contribution in [-0.4, -0.2) is 28.1 Å². The van der Waals surface area contributed by atoms with Crippen LogP contribution in [0.5, 0.6) is 5.75 Å². The first-order valence-corrected chi connectivity index (χ1v) is 6.20. The maximum absolute atomic E-state index is 10.8. The SMILES string of the molecule is CC(C(=O)O)[C@@H](N)C[C@H](C)Oc1cccc([N+](=O)[O-])c1. The number of hydrogen-bond acceptors (Lipinski definition) is 5. The van der Waals surface area contributed by atoms with Gasteiger partial charge in [-0.3, -0.25) is 14.9 Å². The number of carbonyl (C=O) groups is 1. The molecule has 0 saturated heterocycles. The number of nitro groups is 1. The number of aliphatic carboxylic acids is 1. The summed E-state index contributed by atoms with van der Waals surface area (Å²) >= 11 is 0. The van der Waals surface area contributed by atoms with Crippen molar-refractivity contribution in [2.24, 2.45) is 11.7 Å². The zero-order valence-corrected chi connectivity index (χ0v) is 11.4. The topological polar surface area (TPSA) is 116 Å². The van der Waals surface area contributed by atoms with Gasteiger partial charge in [0.05, 0.1) is 23.0 Å². The molecule has 1 aromatic carbocycles. The van der Waals surface area contributed by atoms with Crippen molar-refractivity contribution in [3.63, 3.8) is 0 Å². The molecule has 0 aliphatic carbocycles. The van der Waals surface area contributed by atoms with E-state index >= 15 is 0 Å². The smallest absolute Gasteiger partial charge is 0.307 e. The predicted molar refractivity (Wildman–Crippen MR) is 72.6 cm³/mol. The van der Waals surface area contributed by atoms with Gasteiger partial charge in [-0.05, 0) is 19.4 Å². The molecule has 0 aromatic heterocycles. The van der Waals surface area contributed by atoms with E-state index in [1.54, 1.807) is 13.0 Å². The maximum Gasteiger partial charge on any atom is 0.307 e. The average molecular weight is 282 g/mol. The minimum absolute atomic E-state index is 0.0575. The fourth-order valence-corrected chi connectivity index (χ4v) is 1.72. The molecule has 3 N–H and O–H groups in total. The quantitative estimate of drug-likeness (QED) is 0.582. The van der Waals surface area contributed by atoms with E-state index in [4.69, 9.17) is 15.6 Å². The van der Waals surface area contributed by atoms with Crippen LogP contribution in [0.1, 0.15) is 20.3 Å². The molecule has 0 spiro atoms.